The third kappa shape index (κ3) is 7.00. The lowest BCUT2D eigenvalue weighted by Crippen LogP contribution is -2.46. The molecule has 0 amide bonds. The van der Waals surface area contributed by atoms with E-state index in [1.807, 2.05) is 0 Å². The Kier molecular flexibility index (Phi) is 10.4. The SMILES string of the molecule is ClCC(CCl)CBr.ClCC1CN(Cc2ccccc2)C1. The first-order chi connectivity index (χ1) is 9.73. The van der Waals surface area contributed by atoms with Gasteiger partial charge in [0.2, 0.25) is 0 Å². The van der Waals surface area contributed by atoms with Gasteiger partial charge in [-0.1, -0.05) is 46.3 Å². The molecular formula is C15H21BrCl3N. The normalized spacial score (nSPS) is 15.7. The summed E-state index contributed by atoms with van der Waals surface area (Å²) in [7, 11) is 0. The molecular weight excluding hydrogens is 380 g/mol. The average molecular weight is 402 g/mol. The van der Waals surface area contributed by atoms with Gasteiger partial charge in [0.15, 0.2) is 0 Å². The summed E-state index contributed by atoms with van der Waals surface area (Å²) in [6.45, 7) is 3.41. The lowest BCUT2D eigenvalue weighted by Gasteiger charge is -2.38. The van der Waals surface area contributed by atoms with Gasteiger partial charge in [0, 0.05) is 42.6 Å². The van der Waals surface area contributed by atoms with Gasteiger partial charge in [0.25, 0.3) is 0 Å². The van der Waals surface area contributed by atoms with Gasteiger partial charge in [0.05, 0.1) is 0 Å². The number of rotatable bonds is 6. The molecule has 0 saturated carbocycles. The molecule has 0 aromatic heterocycles. The molecule has 1 aromatic carbocycles. The summed E-state index contributed by atoms with van der Waals surface area (Å²) in [5.74, 6) is 3.27. The highest BCUT2D eigenvalue weighted by Crippen LogP contribution is 2.19. The van der Waals surface area contributed by atoms with Gasteiger partial charge in [-0.3, -0.25) is 4.90 Å². The molecule has 0 unspecified atom stereocenters. The Bertz CT molecular complexity index is 335. The van der Waals surface area contributed by atoms with Crippen molar-refractivity contribution in [1.29, 1.82) is 0 Å². The van der Waals surface area contributed by atoms with Crippen molar-refractivity contribution in [3.05, 3.63) is 35.9 Å². The summed E-state index contributed by atoms with van der Waals surface area (Å²) in [6, 6.07) is 10.6. The molecule has 0 radical (unpaired) electrons. The van der Waals surface area contributed by atoms with Crippen LogP contribution in [0.3, 0.4) is 0 Å². The van der Waals surface area contributed by atoms with Crippen LogP contribution < -0.4 is 0 Å². The van der Waals surface area contributed by atoms with Crippen molar-refractivity contribution in [2.75, 3.05) is 36.1 Å². The third-order valence-electron chi connectivity index (χ3n) is 3.15. The standard InChI is InChI=1S/C11H14ClN.C4H7BrCl2/c12-6-11-8-13(9-11)7-10-4-2-1-3-5-10;5-1-4(2-6)3-7/h1-5,11H,6-9H2;4H,1-3H2. The maximum absolute atomic E-state index is 5.74. The molecule has 5 heteroatoms. The highest BCUT2D eigenvalue weighted by atomic mass is 79.9. The minimum absolute atomic E-state index is 0.434. The van der Waals surface area contributed by atoms with Crippen LogP contribution >= 0.6 is 50.7 Å². The lowest BCUT2D eigenvalue weighted by atomic mass is 10.0. The van der Waals surface area contributed by atoms with E-state index in [0.717, 1.165) is 23.7 Å². The van der Waals surface area contributed by atoms with Gasteiger partial charge < -0.3 is 0 Å². The Labute approximate surface area is 145 Å². The second-order valence-electron chi connectivity index (χ2n) is 5.03. The smallest absolute Gasteiger partial charge is 0.0276 e. The van der Waals surface area contributed by atoms with Crippen molar-refractivity contribution in [1.82, 2.24) is 4.90 Å². The predicted molar refractivity (Wildman–Crippen MR) is 94.7 cm³/mol. The zero-order chi connectivity index (χ0) is 14.8. The van der Waals surface area contributed by atoms with E-state index in [1.165, 1.54) is 18.7 Å². The number of alkyl halides is 4. The first kappa shape index (κ1) is 18.6. The van der Waals surface area contributed by atoms with Crippen molar-refractivity contribution in [3.63, 3.8) is 0 Å². The summed E-state index contributed by atoms with van der Waals surface area (Å²) in [5.41, 5.74) is 1.40. The molecule has 114 valence electrons. The van der Waals surface area contributed by atoms with E-state index in [4.69, 9.17) is 34.8 Å². The van der Waals surface area contributed by atoms with Crippen molar-refractivity contribution >= 4 is 50.7 Å². The van der Waals surface area contributed by atoms with Crippen LogP contribution in [0.15, 0.2) is 30.3 Å². The number of hydrogen-bond donors (Lipinski definition) is 0. The van der Waals surface area contributed by atoms with E-state index < -0.39 is 0 Å². The van der Waals surface area contributed by atoms with Crippen LogP contribution in [-0.4, -0.2) is 41.0 Å². The molecule has 1 aliphatic rings. The van der Waals surface area contributed by atoms with Crippen molar-refractivity contribution in [2.24, 2.45) is 11.8 Å². The van der Waals surface area contributed by atoms with Crippen molar-refractivity contribution in [3.8, 4) is 0 Å². The fourth-order valence-corrected chi connectivity index (χ4v) is 3.60. The Morgan fingerprint density at radius 1 is 1.10 bits per heavy atom. The minimum atomic E-state index is 0.434. The van der Waals surface area contributed by atoms with Crippen LogP contribution in [0.25, 0.3) is 0 Å². The zero-order valence-corrected chi connectivity index (χ0v) is 15.3. The predicted octanol–water partition coefficient (Wildman–Crippen LogP) is 4.83. The van der Waals surface area contributed by atoms with Crippen LogP contribution in [0.4, 0.5) is 0 Å². The fraction of sp³-hybridized carbons (Fsp3) is 0.600. The molecule has 1 heterocycles. The highest BCUT2D eigenvalue weighted by molar-refractivity contribution is 9.09. The van der Waals surface area contributed by atoms with Crippen LogP contribution in [0.1, 0.15) is 5.56 Å². The molecule has 0 atom stereocenters. The summed E-state index contributed by atoms with van der Waals surface area (Å²) < 4.78 is 0. The van der Waals surface area contributed by atoms with Crippen molar-refractivity contribution < 1.29 is 0 Å². The first-order valence-corrected chi connectivity index (χ1v) is 9.46. The molecule has 1 fully saturated rings. The Morgan fingerprint density at radius 3 is 2.10 bits per heavy atom. The van der Waals surface area contributed by atoms with Crippen molar-refractivity contribution in [2.45, 2.75) is 6.54 Å². The van der Waals surface area contributed by atoms with E-state index in [9.17, 15) is 0 Å². The molecule has 1 aromatic rings. The number of benzene rings is 1. The van der Waals surface area contributed by atoms with E-state index in [2.05, 4.69) is 51.2 Å². The Hall–Kier alpha value is 0.530. The molecule has 0 N–H and O–H groups in total. The maximum atomic E-state index is 5.74. The molecule has 1 nitrogen and oxygen atoms in total. The van der Waals surface area contributed by atoms with E-state index in [1.54, 1.807) is 0 Å². The van der Waals surface area contributed by atoms with E-state index in [-0.39, 0.29) is 0 Å². The van der Waals surface area contributed by atoms with Gasteiger partial charge in [0.1, 0.15) is 0 Å². The van der Waals surface area contributed by atoms with Gasteiger partial charge >= 0.3 is 0 Å². The van der Waals surface area contributed by atoms with Crippen LogP contribution in [-0.2, 0) is 6.54 Å². The molecule has 1 saturated heterocycles. The molecule has 1 aliphatic heterocycles. The monoisotopic (exact) mass is 399 g/mol. The van der Waals surface area contributed by atoms with Crippen LogP contribution in [0.2, 0.25) is 0 Å². The molecule has 2 rings (SSSR count). The number of likely N-dealkylation sites (tertiary alicyclic amines) is 1. The van der Waals surface area contributed by atoms with E-state index >= 15 is 0 Å². The second kappa shape index (κ2) is 11.1. The highest BCUT2D eigenvalue weighted by Gasteiger charge is 2.25. The Balaban J connectivity index is 0.000000246. The summed E-state index contributed by atoms with van der Waals surface area (Å²) in [5, 5.41) is 0.903. The topological polar surface area (TPSA) is 3.24 Å². The van der Waals surface area contributed by atoms with E-state index in [0.29, 0.717) is 17.7 Å². The molecule has 0 bridgehead atoms. The molecule has 0 spiro atoms. The van der Waals surface area contributed by atoms with Gasteiger partial charge in [-0.15, -0.1) is 34.8 Å². The summed E-state index contributed by atoms with van der Waals surface area (Å²) >= 11 is 19.9. The largest absolute Gasteiger partial charge is 0.298 e. The van der Waals surface area contributed by atoms with Gasteiger partial charge in [-0.25, -0.2) is 0 Å². The fourth-order valence-electron chi connectivity index (χ4n) is 1.87. The number of nitrogens with zero attached hydrogens (tertiary/aromatic N) is 1. The lowest BCUT2D eigenvalue weighted by molar-refractivity contribution is 0.107. The third-order valence-corrected chi connectivity index (χ3v) is 5.38. The van der Waals surface area contributed by atoms with Gasteiger partial charge in [-0.2, -0.15) is 0 Å². The Morgan fingerprint density at radius 2 is 1.70 bits per heavy atom. The summed E-state index contributed by atoms with van der Waals surface area (Å²) in [4.78, 5) is 2.43. The average Bonchev–Trinajstić information content (AvgIpc) is 2.46. The van der Waals surface area contributed by atoms with Crippen LogP contribution in [0.5, 0.6) is 0 Å². The minimum Gasteiger partial charge on any atom is -0.298 e. The second-order valence-corrected chi connectivity index (χ2v) is 6.60. The number of halogens is 4. The molecule has 20 heavy (non-hydrogen) atoms. The first-order valence-electron chi connectivity index (χ1n) is 6.73. The maximum Gasteiger partial charge on any atom is 0.0276 e. The van der Waals surface area contributed by atoms with Gasteiger partial charge in [-0.05, 0) is 17.4 Å². The number of hydrogen-bond acceptors (Lipinski definition) is 1. The summed E-state index contributed by atoms with van der Waals surface area (Å²) in [6.07, 6.45) is 0. The molecule has 0 aliphatic carbocycles. The van der Waals surface area contributed by atoms with Crippen LogP contribution in [0, 0.1) is 11.8 Å². The quantitative estimate of drug-likeness (QED) is 0.617. The zero-order valence-electron chi connectivity index (χ0n) is 11.5.